The number of methoxy groups -OCH3 is 2. The van der Waals surface area contributed by atoms with Gasteiger partial charge >= 0.3 is 5.97 Å². The molecule has 7 unspecified atom stereocenters. The molecule has 3 heterocycles. The molecule has 2 saturated heterocycles. The number of nitrogens with one attached hydrogen (secondary N) is 5. The number of aromatic hydroxyl groups is 1. The Balaban J connectivity index is 1.03. The lowest BCUT2D eigenvalue weighted by molar-refractivity contribution is -0.265. The lowest BCUT2D eigenvalue weighted by atomic mass is 9.67. The molecular weight excluding hydrogens is 871 g/mol. The SMILES string of the molecule is CNC(CCC(=O)NCC(C)=O)C(=O)NCC(=O)Nc1ccc(NC(=O)C2OC(Oc3c4c(cc5c3OCO5)[C@@H](c3cc(OC)c(O)c(OC)c3)[C@H]3C(=O)OCC3C4)C(O)C(O)C2O)cc1. The molecule has 9 N–H and O–H groups in total. The predicted octanol–water partition coefficient (Wildman–Crippen LogP) is -0.431. The number of ketones is 1. The Labute approximate surface area is 377 Å². The van der Waals surface area contributed by atoms with Crippen molar-refractivity contribution in [2.75, 3.05) is 58.4 Å². The normalized spacial score (nSPS) is 24.1. The van der Waals surface area contributed by atoms with Crippen molar-refractivity contribution in [3.8, 4) is 34.5 Å². The van der Waals surface area contributed by atoms with Gasteiger partial charge in [0.05, 0.1) is 45.9 Å². The fourth-order valence-electron chi connectivity index (χ4n) is 8.41. The molecule has 3 aromatic carbocycles. The van der Waals surface area contributed by atoms with Gasteiger partial charge in [-0.3, -0.25) is 28.8 Å². The Hall–Kier alpha value is -6.72. The summed E-state index contributed by atoms with van der Waals surface area (Å²) in [6, 6.07) is 9.89. The zero-order chi connectivity index (χ0) is 47.4. The number of phenolic OH excluding ortho intramolecular Hbond substituents is 1. The van der Waals surface area contributed by atoms with Crippen molar-refractivity contribution in [1.29, 1.82) is 0 Å². The van der Waals surface area contributed by atoms with Crippen LogP contribution in [0.5, 0.6) is 34.5 Å². The number of likely N-dealkylation sites (N-methyl/N-ethyl adjacent to an activating group) is 1. The summed E-state index contributed by atoms with van der Waals surface area (Å²) in [6.45, 7) is 0.699. The van der Waals surface area contributed by atoms with Crippen molar-refractivity contribution >= 4 is 46.8 Å². The summed E-state index contributed by atoms with van der Waals surface area (Å²) in [5.41, 5.74) is 2.11. The molecule has 1 aliphatic carbocycles. The Morgan fingerprint density at radius 2 is 1.53 bits per heavy atom. The van der Waals surface area contributed by atoms with Crippen LogP contribution in [-0.2, 0) is 44.7 Å². The van der Waals surface area contributed by atoms with Gasteiger partial charge in [0.2, 0.25) is 42.3 Å². The van der Waals surface area contributed by atoms with E-state index in [2.05, 4.69) is 26.6 Å². The molecule has 4 amide bonds. The van der Waals surface area contributed by atoms with Crippen LogP contribution in [0.15, 0.2) is 42.5 Å². The van der Waals surface area contributed by atoms with E-state index in [4.69, 9.17) is 33.2 Å². The van der Waals surface area contributed by atoms with Crippen LogP contribution in [0, 0.1) is 11.8 Å². The molecule has 2 fully saturated rings. The average Bonchev–Trinajstić information content (AvgIpc) is 3.93. The van der Waals surface area contributed by atoms with Gasteiger partial charge in [-0.2, -0.15) is 0 Å². The fraction of sp³-hybridized carbons (Fsp3) is 0.455. The smallest absolute Gasteiger partial charge is 0.310 e. The monoisotopic (exact) mass is 921 g/mol. The van der Waals surface area contributed by atoms with E-state index in [1.807, 2.05) is 0 Å². The van der Waals surface area contributed by atoms with Gasteiger partial charge in [0.1, 0.15) is 24.1 Å². The number of aliphatic hydroxyl groups is 3. The number of amides is 4. The number of anilines is 2. The van der Waals surface area contributed by atoms with Crippen molar-refractivity contribution < 1.29 is 82.4 Å². The van der Waals surface area contributed by atoms with E-state index in [0.717, 1.165) is 0 Å². The molecule has 0 bridgehead atoms. The second-order valence-electron chi connectivity index (χ2n) is 16.1. The van der Waals surface area contributed by atoms with Gasteiger partial charge in [-0.25, -0.2) is 0 Å². The maximum atomic E-state index is 13.6. The number of carbonyl (C=O) groups is 6. The summed E-state index contributed by atoms with van der Waals surface area (Å²) >= 11 is 0. The first-order valence-electron chi connectivity index (χ1n) is 21.0. The molecule has 22 heteroatoms. The third-order valence-electron chi connectivity index (χ3n) is 11.8. The van der Waals surface area contributed by atoms with Crippen molar-refractivity contribution in [1.82, 2.24) is 16.0 Å². The van der Waals surface area contributed by atoms with Gasteiger partial charge < -0.3 is 80.2 Å². The van der Waals surface area contributed by atoms with Crippen LogP contribution in [-0.4, -0.2) is 140 Å². The number of rotatable bonds is 17. The van der Waals surface area contributed by atoms with Crippen molar-refractivity contribution in [3.63, 3.8) is 0 Å². The Morgan fingerprint density at radius 3 is 2.18 bits per heavy atom. The lowest BCUT2D eigenvalue weighted by Crippen LogP contribution is -2.62. The highest BCUT2D eigenvalue weighted by atomic mass is 16.7. The number of carbonyl (C=O) groups excluding carboxylic acids is 6. The summed E-state index contributed by atoms with van der Waals surface area (Å²) in [5, 5.41) is 56.8. The van der Waals surface area contributed by atoms with E-state index in [1.54, 1.807) is 18.2 Å². The van der Waals surface area contributed by atoms with E-state index < -0.39 is 84.7 Å². The van der Waals surface area contributed by atoms with Crippen LogP contribution in [0.3, 0.4) is 0 Å². The molecular formula is C44H51N5O17. The quantitative estimate of drug-likeness (QED) is 0.0776. The van der Waals surface area contributed by atoms with Crippen LogP contribution in [0.1, 0.15) is 42.4 Å². The van der Waals surface area contributed by atoms with E-state index in [1.165, 1.54) is 52.5 Å². The van der Waals surface area contributed by atoms with Gasteiger partial charge in [-0.05, 0) is 80.4 Å². The Morgan fingerprint density at radius 1 is 0.848 bits per heavy atom. The number of aliphatic hydroxyl groups excluding tert-OH is 3. The summed E-state index contributed by atoms with van der Waals surface area (Å²) in [6.07, 6.45) is -8.95. The predicted molar refractivity (Wildman–Crippen MR) is 227 cm³/mol. The van der Waals surface area contributed by atoms with Gasteiger partial charge in [-0.15, -0.1) is 0 Å². The van der Waals surface area contributed by atoms with Crippen LogP contribution < -0.4 is 50.3 Å². The topological polar surface area (TPSA) is 308 Å². The molecule has 0 saturated carbocycles. The largest absolute Gasteiger partial charge is 0.502 e. The number of esters is 1. The zero-order valence-electron chi connectivity index (χ0n) is 36.3. The van der Waals surface area contributed by atoms with Crippen LogP contribution in [0.4, 0.5) is 11.4 Å². The first-order chi connectivity index (χ1) is 31.6. The molecule has 4 aliphatic rings. The van der Waals surface area contributed by atoms with E-state index in [0.29, 0.717) is 22.4 Å². The first kappa shape index (κ1) is 47.2. The van der Waals surface area contributed by atoms with Gasteiger partial charge in [-0.1, -0.05) is 0 Å². The van der Waals surface area contributed by atoms with Crippen LogP contribution in [0.2, 0.25) is 0 Å². The molecule has 354 valence electrons. The molecule has 7 rings (SSSR count). The number of ether oxygens (including phenoxy) is 7. The first-order valence-corrected chi connectivity index (χ1v) is 21.0. The average molecular weight is 922 g/mol. The van der Waals surface area contributed by atoms with Crippen LogP contribution >= 0.6 is 0 Å². The highest BCUT2D eigenvalue weighted by Gasteiger charge is 2.52. The summed E-state index contributed by atoms with van der Waals surface area (Å²) < 4.78 is 40.2. The zero-order valence-corrected chi connectivity index (χ0v) is 36.3. The van der Waals surface area contributed by atoms with Gasteiger partial charge in [0, 0.05) is 35.2 Å². The molecule has 0 spiro atoms. The van der Waals surface area contributed by atoms with E-state index in [9.17, 15) is 49.2 Å². The standard InChI is InChI=1S/C44H51N5O17/c1-19(50)15-46-30(51)10-9-26(45-2)41(57)47-16-31(52)48-22-5-7-23(8-6-22)49-42(58)40-36(55)35(54)37(56)44(66-40)65-38-25-11-21-17-62-43(59)33(21)32(24(25)14-29-39(38)64-18-63-29)20-12-27(60-3)34(53)28(13-20)61-4/h5-8,12-14,21,26,32-33,35-37,40,44-45,53-56H,9-11,15-18H2,1-4H3,(H,46,51)(H,47,57)(H,48,52)(H,49,58)/t21?,26?,32-,33+,35?,36?,37?,40?,44?/m1/s1. The third-order valence-corrected chi connectivity index (χ3v) is 11.8. The molecule has 9 atom stereocenters. The van der Waals surface area contributed by atoms with E-state index in [-0.39, 0.29) is 91.1 Å². The van der Waals surface area contributed by atoms with E-state index >= 15 is 0 Å². The number of fused-ring (bicyclic) bond motifs is 3. The number of phenols is 1. The minimum Gasteiger partial charge on any atom is -0.502 e. The second-order valence-corrected chi connectivity index (χ2v) is 16.1. The number of hydrogen-bond donors (Lipinski definition) is 9. The number of cyclic esters (lactones) is 1. The number of Topliss-reactive ketones (excluding diaryl/α,β-unsaturated/α-hetero) is 1. The second kappa shape index (κ2) is 20.2. The minimum absolute atomic E-state index is 0.0217. The molecule has 0 radical (unpaired) electrons. The molecule has 22 nitrogen and oxygen atoms in total. The number of benzene rings is 3. The Kier molecular flexibility index (Phi) is 14.5. The number of hydrogen-bond acceptors (Lipinski definition) is 18. The van der Waals surface area contributed by atoms with Crippen molar-refractivity contribution in [2.45, 2.75) is 68.9 Å². The molecule has 3 aliphatic heterocycles. The summed E-state index contributed by atoms with van der Waals surface area (Å²) in [7, 11) is 4.28. The highest BCUT2D eigenvalue weighted by molar-refractivity contribution is 5.97. The fourth-order valence-corrected chi connectivity index (χ4v) is 8.41. The maximum Gasteiger partial charge on any atom is 0.310 e. The third kappa shape index (κ3) is 9.91. The minimum atomic E-state index is -1.93. The maximum absolute atomic E-state index is 13.6. The highest BCUT2D eigenvalue weighted by Crippen LogP contribution is 2.56. The molecule has 3 aromatic rings. The van der Waals surface area contributed by atoms with Gasteiger partial charge in [0.25, 0.3) is 5.91 Å². The van der Waals surface area contributed by atoms with Crippen LogP contribution in [0.25, 0.3) is 0 Å². The lowest BCUT2D eigenvalue weighted by Gasteiger charge is -2.40. The van der Waals surface area contributed by atoms with Crippen molar-refractivity contribution in [3.05, 3.63) is 59.2 Å². The molecule has 0 aromatic heterocycles. The van der Waals surface area contributed by atoms with Gasteiger partial charge in [0.15, 0.2) is 29.1 Å². The van der Waals surface area contributed by atoms with Crippen molar-refractivity contribution in [2.24, 2.45) is 11.8 Å². The Bertz CT molecular complexity index is 2340. The summed E-state index contributed by atoms with van der Waals surface area (Å²) in [5.74, 6) is -4.48. The molecule has 66 heavy (non-hydrogen) atoms. The summed E-state index contributed by atoms with van der Waals surface area (Å²) in [4.78, 5) is 75.3.